The molecule has 96 valence electrons. The first-order chi connectivity index (χ1) is 9.09. The minimum atomic E-state index is -0.552. The number of nitrogens with one attached hydrogen (secondary N) is 1. The van der Waals surface area contributed by atoms with E-state index in [2.05, 4.69) is 5.32 Å². The number of carbonyl (C=O) groups is 1. The van der Waals surface area contributed by atoms with Crippen LogP contribution >= 0.6 is 0 Å². The lowest BCUT2D eigenvalue weighted by Crippen LogP contribution is -2.14. The molecular weight excluding hydrogens is 246 g/mol. The summed E-state index contributed by atoms with van der Waals surface area (Å²) >= 11 is 0. The number of nitrogens with two attached hydrogens (primary N) is 1. The molecule has 0 aliphatic rings. The van der Waals surface area contributed by atoms with Gasteiger partial charge in [0.2, 0.25) is 0 Å². The van der Waals surface area contributed by atoms with Gasteiger partial charge < -0.3 is 11.1 Å². The molecule has 0 saturated heterocycles. The highest BCUT2D eigenvalue weighted by atomic mass is 16.6. The first-order valence-electron chi connectivity index (χ1n) is 5.49. The van der Waals surface area contributed by atoms with Crippen molar-refractivity contribution >= 4 is 23.0 Å². The Bertz CT molecular complexity index is 641. The normalized spacial score (nSPS) is 9.89. The van der Waals surface area contributed by atoms with E-state index < -0.39 is 10.8 Å². The maximum absolute atomic E-state index is 12.0. The number of nitrogen functional groups attached to an aromatic ring is 1. The molecule has 0 radical (unpaired) electrons. The van der Waals surface area contributed by atoms with Crippen molar-refractivity contribution in [2.45, 2.75) is 0 Å². The Morgan fingerprint density at radius 3 is 2.42 bits per heavy atom. The van der Waals surface area contributed by atoms with Gasteiger partial charge in [0.25, 0.3) is 11.6 Å². The van der Waals surface area contributed by atoms with Crippen LogP contribution in [-0.2, 0) is 0 Å². The minimum absolute atomic E-state index is 0.140. The molecule has 0 aliphatic carbocycles. The Labute approximate surface area is 109 Å². The first kappa shape index (κ1) is 12.6. The fourth-order valence-corrected chi connectivity index (χ4v) is 1.63. The molecule has 0 atom stereocenters. The van der Waals surface area contributed by atoms with Crippen molar-refractivity contribution in [2.24, 2.45) is 0 Å². The molecule has 2 aromatic carbocycles. The predicted octanol–water partition coefficient (Wildman–Crippen LogP) is 2.43. The molecule has 19 heavy (non-hydrogen) atoms. The van der Waals surface area contributed by atoms with Crippen LogP contribution in [0.3, 0.4) is 0 Å². The van der Waals surface area contributed by atoms with Crippen molar-refractivity contribution in [3.05, 3.63) is 64.2 Å². The second-order valence-electron chi connectivity index (χ2n) is 3.82. The fourth-order valence-electron chi connectivity index (χ4n) is 1.63. The quantitative estimate of drug-likeness (QED) is 0.501. The molecule has 6 nitrogen and oxygen atoms in total. The lowest BCUT2D eigenvalue weighted by atomic mass is 10.1. The largest absolute Gasteiger partial charge is 0.398 e. The molecule has 3 N–H and O–H groups in total. The van der Waals surface area contributed by atoms with E-state index in [0.29, 0.717) is 5.69 Å². The molecule has 0 aromatic heterocycles. The molecule has 2 rings (SSSR count). The topological polar surface area (TPSA) is 98.3 Å². The van der Waals surface area contributed by atoms with Crippen LogP contribution in [0.25, 0.3) is 0 Å². The Balaban J connectivity index is 2.30. The Kier molecular flexibility index (Phi) is 3.42. The van der Waals surface area contributed by atoms with Gasteiger partial charge in [0.05, 0.1) is 10.5 Å². The van der Waals surface area contributed by atoms with E-state index in [1.54, 1.807) is 30.3 Å². The van der Waals surface area contributed by atoms with Gasteiger partial charge in [0.1, 0.15) is 5.69 Å². The van der Waals surface area contributed by atoms with E-state index >= 15 is 0 Å². The molecule has 0 unspecified atom stereocenters. The van der Waals surface area contributed by atoms with Crippen LogP contribution in [0, 0.1) is 10.1 Å². The third kappa shape index (κ3) is 2.68. The molecule has 0 heterocycles. The zero-order valence-corrected chi connectivity index (χ0v) is 9.87. The zero-order valence-electron chi connectivity index (χ0n) is 9.87. The Morgan fingerprint density at radius 2 is 1.74 bits per heavy atom. The SMILES string of the molecule is Nc1ccccc1C(=O)Nc1ccccc1[N+](=O)[O-]. The molecule has 0 spiro atoms. The standard InChI is InChI=1S/C13H11N3O3/c14-10-6-2-1-5-9(10)13(17)15-11-7-3-4-8-12(11)16(18)19/h1-8H,14H2,(H,15,17). The van der Waals surface area contributed by atoms with Crippen molar-refractivity contribution in [3.8, 4) is 0 Å². The van der Waals surface area contributed by atoms with Crippen LogP contribution < -0.4 is 11.1 Å². The van der Waals surface area contributed by atoms with Gasteiger partial charge in [-0.3, -0.25) is 14.9 Å². The van der Waals surface area contributed by atoms with Gasteiger partial charge in [-0.25, -0.2) is 0 Å². The van der Waals surface area contributed by atoms with E-state index in [0.717, 1.165) is 0 Å². The van der Waals surface area contributed by atoms with E-state index in [1.165, 1.54) is 18.2 Å². The molecule has 0 bridgehead atoms. The smallest absolute Gasteiger partial charge is 0.292 e. The average Bonchev–Trinajstić information content (AvgIpc) is 2.39. The molecule has 0 fully saturated rings. The van der Waals surface area contributed by atoms with E-state index in [4.69, 9.17) is 5.73 Å². The lowest BCUT2D eigenvalue weighted by Gasteiger charge is -2.07. The summed E-state index contributed by atoms with van der Waals surface area (Å²) in [5.41, 5.74) is 6.25. The van der Waals surface area contributed by atoms with Gasteiger partial charge in [-0.15, -0.1) is 0 Å². The van der Waals surface area contributed by atoms with Crippen LogP contribution in [0.1, 0.15) is 10.4 Å². The second-order valence-corrected chi connectivity index (χ2v) is 3.82. The molecule has 1 amide bonds. The number of rotatable bonds is 3. The van der Waals surface area contributed by atoms with Crippen molar-refractivity contribution in [3.63, 3.8) is 0 Å². The van der Waals surface area contributed by atoms with Crippen molar-refractivity contribution in [1.29, 1.82) is 0 Å². The van der Waals surface area contributed by atoms with E-state index in [9.17, 15) is 14.9 Å². The number of nitro groups is 1. The molecule has 0 saturated carbocycles. The predicted molar refractivity (Wildman–Crippen MR) is 71.9 cm³/mol. The Morgan fingerprint density at radius 1 is 1.11 bits per heavy atom. The number of carbonyl (C=O) groups excluding carboxylic acids is 1. The number of amides is 1. The summed E-state index contributed by atoms with van der Waals surface area (Å²) in [5, 5.41) is 13.3. The number of benzene rings is 2. The summed E-state index contributed by atoms with van der Waals surface area (Å²) in [5.74, 6) is -0.479. The number of nitro benzene ring substituents is 1. The van der Waals surface area contributed by atoms with Crippen molar-refractivity contribution in [1.82, 2.24) is 0 Å². The highest BCUT2D eigenvalue weighted by Crippen LogP contribution is 2.24. The summed E-state index contributed by atoms with van der Waals surface area (Å²) in [4.78, 5) is 22.3. The molecule has 0 aliphatic heterocycles. The van der Waals surface area contributed by atoms with Gasteiger partial charge in [-0.05, 0) is 18.2 Å². The fraction of sp³-hybridized carbons (Fsp3) is 0. The van der Waals surface area contributed by atoms with Crippen LogP contribution in [0.5, 0.6) is 0 Å². The van der Waals surface area contributed by atoms with E-state index in [1.807, 2.05) is 0 Å². The molecular formula is C13H11N3O3. The molecule has 2 aromatic rings. The number of hydrogen-bond donors (Lipinski definition) is 2. The summed E-state index contributed by atoms with van der Waals surface area (Å²) in [7, 11) is 0. The second kappa shape index (κ2) is 5.18. The number of anilines is 2. The van der Waals surface area contributed by atoms with Crippen LogP contribution in [0.15, 0.2) is 48.5 Å². The molecule has 6 heteroatoms. The monoisotopic (exact) mass is 257 g/mol. The first-order valence-corrected chi connectivity index (χ1v) is 5.49. The van der Waals surface area contributed by atoms with Gasteiger partial charge in [0, 0.05) is 11.8 Å². The average molecular weight is 257 g/mol. The third-order valence-electron chi connectivity index (χ3n) is 2.55. The number of hydrogen-bond acceptors (Lipinski definition) is 4. The number of para-hydroxylation sites is 3. The summed E-state index contributed by atoms with van der Waals surface area (Å²) in [6, 6.07) is 12.5. The maximum Gasteiger partial charge on any atom is 0.292 e. The summed E-state index contributed by atoms with van der Waals surface area (Å²) in [6.07, 6.45) is 0. The summed E-state index contributed by atoms with van der Waals surface area (Å²) < 4.78 is 0. The Hall–Kier alpha value is -2.89. The zero-order chi connectivity index (χ0) is 13.8. The van der Waals surface area contributed by atoms with Crippen LogP contribution in [0.4, 0.5) is 17.1 Å². The maximum atomic E-state index is 12.0. The van der Waals surface area contributed by atoms with Crippen molar-refractivity contribution < 1.29 is 9.72 Å². The van der Waals surface area contributed by atoms with E-state index in [-0.39, 0.29) is 16.9 Å². The van der Waals surface area contributed by atoms with Gasteiger partial charge in [-0.1, -0.05) is 24.3 Å². The highest BCUT2D eigenvalue weighted by molar-refractivity contribution is 6.08. The van der Waals surface area contributed by atoms with Crippen LogP contribution in [0.2, 0.25) is 0 Å². The number of nitrogens with zero attached hydrogens (tertiary/aromatic N) is 1. The van der Waals surface area contributed by atoms with Gasteiger partial charge >= 0.3 is 0 Å². The highest BCUT2D eigenvalue weighted by Gasteiger charge is 2.16. The van der Waals surface area contributed by atoms with Gasteiger partial charge in [-0.2, -0.15) is 0 Å². The third-order valence-corrected chi connectivity index (χ3v) is 2.55. The van der Waals surface area contributed by atoms with Crippen LogP contribution in [-0.4, -0.2) is 10.8 Å². The van der Waals surface area contributed by atoms with Crippen molar-refractivity contribution in [2.75, 3.05) is 11.1 Å². The lowest BCUT2D eigenvalue weighted by molar-refractivity contribution is -0.383. The summed E-state index contributed by atoms with van der Waals surface area (Å²) in [6.45, 7) is 0. The minimum Gasteiger partial charge on any atom is -0.398 e. The van der Waals surface area contributed by atoms with Gasteiger partial charge in [0.15, 0.2) is 0 Å².